The van der Waals surface area contributed by atoms with Gasteiger partial charge in [-0.3, -0.25) is 4.79 Å². The quantitative estimate of drug-likeness (QED) is 0.832. The van der Waals surface area contributed by atoms with Gasteiger partial charge in [-0.25, -0.2) is 4.79 Å². The number of benzene rings is 1. The number of para-hydroxylation sites is 1. The number of esters is 1. The second-order valence-corrected chi connectivity index (χ2v) is 8.02. The summed E-state index contributed by atoms with van der Waals surface area (Å²) in [5.74, 6) is 0.458. The average molecular weight is 352 g/mol. The van der Waals surface area contributed by atoms with E-state index in [4.69, 9.17) is 4.74 Å². The van der Waals surface area contributed by atoms with Crippen molar-refractivity contribution >= 4 is 17.6 Å². The Kier molecular flexibility index (Phi) is 3.27. The van der Waals surface area contributed by atoms with E-state index in [0.717, 1.165) is 42.8 Å². The number of carbonyl (C=O) groups excluding carboxylic acids is 2. The van der Waals surface area contributed by atoms with E-state index in [1.54, 1.807) is 0 Å². The van der Waals surface area contributed by atoms with Crippen LogP contribution in [0.25, 0.3) is 0 Å². The minimum absolute atomic E-state index is 0.0800. The van der Waals surface area contributed by atoms with Gasteiger partial charge in [0.05, 0.1) is 24.1 Å². The molecule has 4 atom stereocenters. The number of anilines is 1. The average Bonchev–Trinajstić information content (AvgIpc) is 3.23. The first kappa shape index (κ1) is 15.9. The molecule has 26 heavy (non-hydrogen) atoms. The van der Waals surface area contributed by atoms with Crippen LogP contribution in [0.2, 0.25) is 0 Å². The predicted molar refractivity (Wildman–Crippen MR) is 97.4 cm³/mol. The van der Waals surface area contributed by atoms with Crippen LogP contribution in [0.1, 0.15) is 38.2 Å². The van der Waals surface area contributed by atoms with Crippen LogP contribution in [0, 0.1) is 11.8 Å². The molecule has 3 heterocycles. The molecule has 5 heteroatoms. The number of nitrogens with zero attached hydrogens (tertiary/aromatic N) is 1. The molecule has 0 bridgehead atoms. The summed E-state index contributed by atoms with van der Waals surface area (Å²) < 4.78 is 5.14. The monoisotopic (exact) mass is 352 g/mol. The summed E-state index contributed by atoms with van der Waals surface area (Å²) >= 11 is 0. The highest BCUT2D eigenvalue weighted by Gasteiger charge is 2.64. The Bertz CT molecular complexity index is 845. The summed E-state index contributed by atoms with van der Waals surface area (Å²) in [4.78, 5) is 27.8. The van der Waals surface area contributed by atoms with Gasteiger partial charge in [0.15, 0.2) is 0 Å². The highest BCUT2D eigenvalue weighted by atomic mass is 16.5. The molecule has 136 valence electrons. The van der Waals surface area contributed by atoms with Crippen LogP contribution < -0.4 is 5.32 Å². The van der Waals surface area contributed by atoms with Crippen molar-refractivity contribution in [3.8, 4) is 0 Å². The third kappa shape index (κ3) is 1.76. The molecular formula is C21H24N2O3. The smallest absolute Gasteiger partial charge is 0.335 e. The summed E-state index contributed by atoms with van der Waals surface area (Å²) in [5, 5.41) is 3.53. The highest BCUT2D eigenvalue weighted by molar-refractivity contribution is 5.93. The maximum atomic E-state index is 13.0. The van der Waals surface area contributed by atoms with E-state index in [-0.39, 0.29) is 23.3 Å². The zero-order valence-electron chi connectivity index (χ0n) is 15.2. The number of amides is 1. The van der Waals surface area contributed by atoms with Crippen LogP contribution in [0.15, 0.2) is 35.5 Å². The van der Waals surface area contributed by atoms with E-state index in [0.29, 0.717) is 18.2 Å². The van der Waals surface area contributed by atoms with E-state index in [1.165, 1.54) is 12.7 Å². The Balaban J connectivity index is 1.74. The lowest BCUT2D eigenvalue weighted by molar-refractivity contribution is -0.144. The van der Waals surface area contributed by atoms with E-state index >= 15 is 0 Å². The lowest BCUT2D eigenvalue weighted by Gasteiger charge is -2.49. The Morgan fingerprint density at radius 2 is 2.19 bits per heavy atom. The number of piperidine rings is 1. The molecule has 1 N–H and O–H groups in total. The van der Waals surface area contributed by atoms with Crippen LogP contribution in [-0.4, -0.2) is 36.5 Å². The fraction of sp³-hybridized carbons (Fsp3) is 0.524. The molecule has 0 radical (unpaired) electrons. The van der Waals surface area contributed by atoms with Gasteiger partial charge < -0.3 is 15.0 Å². The van der Waals surface area contributed by atoms with Crippen molar-refractivity contribution in [2.45, 2.75) is 44.1 Å². The highest BCUT2D eigenvalue weighted by Crippen LogP contribution is 2.61. The maximum absolute atomic E-state index is 13.0. The molecule has 0 saturated carbocycles. The van der Waals surface area contributed by atoms with Gasteiger partial charge in [0.2, 0.25) is 5.91 Å². The van der Waals surface area contributed by atoms with Gasteiger partial charge in [-0.05, 0) is 43.2 Å². The topological polar surface area (TPSA) is 58.6 Å². The molecule has 5 nitrogen and oxygen atoms in total. The van der Waals surface area contributed by atoms with Gasteiger partial charge in [-0.1, -0.05) is 25.1 Å². The molecule has 2 saturated heterocycles. The minimum atomic E-state index is -0.280. The van der Waals surface area contributed by atoms with Crippen LogP contribution in [0.3, 0.4) is 0 Å². The Morgan fingerprint density at radius 1 is 1.38 bits per heavy atom. The normalized spacial score (nSPS) is 34.2. The maximum Gasteiger partial charge on any atom is 0.335 e. The van der Waals surface area contributed by atoms with Crippen LogP contribution in [-0.2, 0) is 19.7 Å². The molecule has 4 aliphatic rings. The molecule has 5 rings (SSSR count). The number of ether oxygens (including phenoxy) is 1. The minimum Gasteiger partial charge on any atom is -0.466 e. The van der Waals surface area contributed by atoms with Gasteiger partial charge in [0.1, 0.15) is 0 Å². The summed E-state index contributed by atoms with van der Waals surface area (Å²) in [6.07, 6.45) is 3.30. The van der Waals surface area contributed by atoms with Crippen molar-refractivity contribution in [1.82, 2.24) is 4.90 Å². The molecule has 1 aliphatic carbocycles. The van der Waals surface area contributed by atoms with Crippen molar-refractivity contribution in [1.29, 1.82) is 0 Å². The zero-order chi connectivity index (χ0) is 18.1. The van der Waals surface area contributed by atoms with Gasteiger partial charge >= 0.3 is 5.97 Å². The lowest BCUT2D eigenvalue weighted by atomic mass is 9.60. The molecule has 1 amide bonds. The lowest BCUT2D eigenvalue weighted by Crippen LogP contribution is -2.57. The number of methoxy groups -OCH3 is 1. The number of nitrogens with one attached hydrogen (secondary N) is 1. The van der Waals surface area contributed by atoms with E-state index < -0.39 is 0 Å². The second kappa shape index (κ2) is 5.35. The largest absolute Gasteiger partial charge is 0.466 e. The fourth-order valence-electron chi connectivity index (χ4n) is 6.07. The van der Waals surface area contributed by atoms with E-state index in [1.807, 2.05) is 6.07 Å². The number of rotatable bonds is 2. The SMILES string of the molecule is CC[C@H]1C[C@@H]2CC(C(=O)OC)=C3Nc4ccccc4[C@@]34CCN(C1=O)[C@@H]24. The Labute approximate surface area is 153 Å². The van der Waals surface area contributed by atoms with Gasteiger partial charge in [0.25, 0.3) is 0 Å². The van der Waals surface area contributed by atoms with Crippen LogP contribution in [0.5, 0.6) is 0 Å². The predicted octanol–water partition coefficient (Wildman–Crippen LogP) is 2.83. The molecule has 3 aliphatic heterocycles. The third-order valence-electron chi connectivity index (χ3n) is 7.06. The van der Waals surface area contributed by atoms with Crippen molar-refractivity contribution in [2.75, 3.05) is 19.0 Å². The van der Waals surface area contributed by atoms with Gasteiger partial charge in [0, 0.05) is 23.8 Å². The van der Waals surface area contributed by atoms with Crippen molar-refractivity contribution in [3.05, 3.63) is 41.1 Å². The van der Waals surface area contributed by atoms with Crippen molar-refractivity contribution in [3.63, 3.8) is 0 Å². The number of hydrogen-bond donors (Lipinski definition) is 1. The number of hydrogen-bond acceptors (Lipinski definition) is 4. The Hall–Kier alpha value is -2.30. The fourth-order valence-corrected chi connectivity index (χ4v) is 6.07. The zero-order valence-corrected chi connectivity index (χ0v) is 15.2. The number of fused-ring (bicyclic) bond motifs is 1. The van der Waals surface area contributed by atoms with Crippen LogP contribution in [0.4, 0.5) is 5.69 Å². The first-order valence-electron chi connectivity index (χ1n) is 9.60. The molecule has 1 aromatic rings. The third-order valence-corrected chi connectivity index (χ3v) is 7.06. The molecule has 0 aromatic heterocycles. The van der Waals surface area contributed by atoms with E-state index in [9.17, 15) is 9.59 Å². The molecule has 1 aromatic carbocycles. The summed E-state index contributed by atoms with van der Waals surface area (Å²) in [5.41, 5.74) is 3.78. The standard InChI is InChI=1S/C21H24N2O3/c1-3-12-10-13-11-14(20(25)26-2)17-21(8-9-23(18(13)21)19(12)24)15-6-4-5-7-16(15)22-17/h4-7,12-13,18,22H,3,8-11H2,1-2H3/t12-,13+,18-,21-/m0/s1. The number of carbonyl (C=O) groups is 2. The summed E-state index contributed by atoms with van der Waals surface area (Å²) in [6.45, 7) is 2.86. The van der Waals surface area contributed by atoms with Gasteiger partial charge in [-0.2, -0.15) is 0 Å². The first-order valence-corrected chi connectivity index (χ1v) is 9.60. The van der Waals surface area contributed by atoms with Crippen LogP contribution >= 0.6 is 0 Å². The molecule has 0 unspecified atom stereocenters. The van der Waals surface area contributed by atoms with Crippen molar-refractivity contribution in [2.24, 2.45) is 11.8 Å². The van der Waals surface area contributed by atoms with Gasteiger partial charge in [-0.15, -0.1) is 0 Å². The first-order chi connectivity index (χ1) is 12.6. The molecule has 1 spiro atoms. The summed E-state index contributed by atoms with van der Waals surface area (Å²) in [7, 11) is 1.46. The van der Waals surface area contributed by atoms with Crippen molar-refractivity contribution < 1.29 is 14.3 Å². The molecular weight excluding hydrogens is 328 g/mol. The van der Waals surface area contributed by atoms with E-state index in [2.05, 4.69) is 35.3 Å². The molecule has 2 fully saturated rings. The summed E-state index contributed by atoms with van der Waals surface area (Å²) in [6, 6.07) is 8.45. The Morgan fingerprint density at radius 3 is 2.96 bits per heavy atom. The second-order valence-electron chi connectivity index (χ2n) is 8.02.